The average Bonchev–Trinajstić information content (AvgIpc) is 3.58. The maximum absolute atomic E-state index is 6.08. The van der Waals surface area contributed by atoms with E-state index < -0.39 is 5.41 Å². The van der Waals surface area contributed by atoms with E-state index in [1.165, 1.54) is 117 Å². The third-order valence-corrected chi connectivity index (χ3v) is 11.9. The molecule has 2 aliphatic carbocycles. The lowest BCUT2D eigenvalue weighted by atomic mass is 9.63. The van der Waals surface area contributed by atoms with Gasteiger partial charge in [-0.1, -0.05) is 18.2 Å². The monoisotopic (exact) mass is 550 g/mol. The first-order valence-corrected chi connectivity index (χ1v) is 15.4. The molecule has 5 aromatic rings. The maximum Gasteiger partial charge on any atom is 0.134 e. The molecule has 0 bridgehead atoms. The average molecular weight is 551 g/mol. The molecule has 7 rings (SSSR count). The third kappa shape index (κ3) is 2.95. The van der Waals surface area contributed by atoms with Gasteiger partial charge >= 0.3 is 0 Å². The summed E-state index contributed by atoms with van der Waals surface area (Å²) >= 11 is 0. The second-order valence-corrected chi connectivity index (χ2v) is 13.3. The van der Waals surface area contributed by atoms with Crippen molar-refractivity contribution in [2.75, 3.05) is 0 Å². The molecule has 0 radical (unpaired) electrons. The minimum atomic E-state index is -0.455. The Hall–Kier alpha value is -3.84. The van der Waals surface area contributed by atoms with Crippen molar-refractivity contribution in [3.63, 3.8) is 0 Å². The van der Waals surface area contributed by atoms with Crippen LogP contribution in [0.1, 0.15) is 89.0 Å². The summed E-state index contributed by atoms with van der Waals surface area (Å²) in [6.07, 6.45) is 6.79. The van der Waals surface area contributed by atoms with Gasteiger partial charge in [0.25, 0.3) is 0 Å². The molecule has 42 heavy (non-hydrogen) atoms. The standard InChI is InChI=1S/C41H42O/c1-19-20(2)26(8)35-34(25(19)7)36-27(9)21(3)23(5)29(11)38(36)41(39-30(12)24(6)22(4)28(10)37(35)39)17-15-31-13-14-33-32(40(31)41)16-18-42-33/h13-18H,1-12H3. The smallest absolute Gasteiger partial charge is 0.134 e. The van der Waals surface area contributed by atoms with Crippen molar-refractivity contribution < 1.29 is 4.42 Å². The summed E-state index contributed by atoms with van der Waals surface area (Å²) < 4.78 is 6.08. The number of benzene rings is 4. The Labute approximate surface area is 251 Å². The second-order valence-electron chi connectivity index (χ2n) is 13.3. The number of fused-ring (bicyclic) bond motifs is 11. The van der Waals surface area contributed by atoms with Gasteiger partial charge in [-0.3, -0.25) is 0 Å². The molecule has 0 atom stereocenters. The molecule has 0 aliphatic heterocycles. The molecular weight excluding hydrogens is 508 g/mol. The van der Waals surface area contributed by atoms with E-state index in [4.69, 9.17) is 4.42 Å². The van der Waals surface area contributed by atoms with Crippen molar-refractivity contribution in [3.8, 4) is 22.3 Å². The molecule has 1 heterocycles. The van der Waals surface area contributed by atoms with Gasteiger partial charge < -0.3 is 4.42 Å². The normalized spacial score (nSPS) is 14.3. The van der Waals surface area contributed by atoms with Crippen LogP contribution in [0, 0.1) is 83.1 Å². The number of rotatable bonds is 0. The Kier molecular flexibility index (Phi) is 5.53. The zero-order chi connectivity index (χ0) is 30.2. The summed E-state index contributed by atoms with van der Waals surface area (Å²) in [6.45, 7) is 28.2. The van der Waals surface area contributed by atoms with Gasteiger partial charge in [0.1, 0.15) is 5.58 Å². The van der Waals surface area contributed by atoms with Crippen LogP contribution in [0.25, 0.3) is 39.3 Å². The maximum atomic E-state index is 6.08. The molecule has 0 saturated carbocycles. The SMILES string of the molecule is Cc1c(C)c(C)c2c(c1C)-c1c(C)c(C)c(C)c(C)c1C1(C=Cc3ccc4occc4c31)c1c(C)c(C)c(C)c(C)c1-2. The van der Waals surface area contributed by atoms with Gasteiger partial charge in [-0.15, -0.1) is 0 Å². The molecule has 1 spiro atoms. The fourth-order valence-electron chi connectivity index (χ4n) is 8.65. The van der Waals surface area contributed by atoms with Gasteiger partial charge in [0.2, 0.25) is 0 Å². The Morgan fingerprint density at radius 3 is 1.33 bits per heavy atom. The van der Waals surface area contributed by atoms with Crippen LogP contribution in [0.2, 0.25) is 0 Å². The molecule has 4 aromatic carbocycles. The van der Waals surface area contributed by atoms with Crippen molar-refractivity contribution in [1.29, 1.82) is 0 Å². The quantitative estimate of drug-likeness (QED) is 0.187. The number of furan rings is 1. The first-order chi connectivity index (χ1) is 19.9. The van der Waals surface area contributed by atoms with E-state index in [1.54, 1.807) is 0 Å². The first kappa shape index (κ1) is 27.0. The zero-order valence-electron chi connectivity index (χ0n) is 27.4. The highest BCUT2D eigenvalue weighted by atomic mass is 16.3. The number of hydrogen-bond donors (Lipinski definition) is 0. The van der Waals surface area contributed by atoms with Gasteiger partial charge in [-0.25, -0.2) is 0 Å². The number of hydrogen-bond acceptors (Lipinski definition) is 1. The largest absolute Gasteiger partial charge is 0.464 e. The van der Waals surface area contributed by atoms with Crippen LogP contribution in [0.4, 0.5) is 0 Å². The molecule has 212 valence electrons. The lowest BCUT2D eigenvalue weighted by Crippen LogP contribution is -2.30. The van der Waals surface area contributed by atoms with Crippen LogP contribution < -0.4 is 0 Å². The van der Waals surface area contributed by atoms with E-state index in [1.807, 2.05) is 6.26 Å². The van der Waals surface area contributed by atoms with Crippen LogP contribution >= 0.6 is 0 Å². The minimum absolute atomic E-state index is 0.455. The molecular formula is C41H42O. The van der Waals surface area contributed by atoms with E-state index in [2.05, 4.69) is 113 Å². The molecule has 0 N–H and O–H groups in total. The zero-order valence-corrected chi connectivity index (χ0v) is 27.4. The van der Waals surface area contributed by atoms with Crippen LogP contribution in [-0.2, 0) is 5.41 Å². The minimum Gasteiger partial charge on any atom is -0.464 e. The highest BCUT2D eigenvalue weighted by Gasteiger charge is 2.49. The molecule has 0 fully saturated rings. The van der Waals surface area contributed by atoms with Gasteiger partial charge in [0.15, 0.2) is 0 Å². The molecule has 2 aliphatic rings. The summed E-state index contributed by atoms with van der Waals surface area (Å²) in [5, 5.41) is 1.21. The summed E-state index contributed by atoms with van der Waals surface area (Å²) in [5.41, 5.74) is 28.6. The molecule has 1 nitrogen and oxygen atoms in total. The highest BCUT2D eigenvalue weighted by Crippen LogP contribution is 2.62. The Balaban J connectivity index is 1.91. The van der Waals surface area contributed by atoms with Crippen molar-refractivity contribution >= 4 is 17.0 Å². The third-order valence-electron chi connectivity index (χ3n) is 11.9. The Morgan fingerprint density at radius 1 is 0.429 bits per heavy atom. The van der Waals surface area contributed by atoms with Crippen molar-refractivity contribution in [2.45, 2.75) is 88.5 Å². The van der Waals surface area contributed by atoms with Crippen molar-refractivity contribution in [1.82, 2.24) is 0 Å². The van der Waals surface area contributed by atoms with Crippen LogP contribution in [0.3, 0.4) is 0 Å². The molecule has 1 heteroatoms. The molecule has 0 saturated heterocycles. The molecule has 1 aromatic heterocycles. The second kappa shape index (κ2) is 8.60. The highest BCUT2D eigenvalue weighted by molar-refractivity contribution is 6.03. The topological polar surface area (TPSA) is 13.1 Å². The Bertz CT molecular complexity index is 1990. The van der Waals surface area contributed by atoms with Crippen LogP contribution in [-0.4, -0.2) is 0 Å². The van der Waals surface area contributed by atoms with Crippen LogP contribution in [0.15, 0.2) is 35.0 Å². The van der Waals surface area contributed by atoms with E-state index in [9.17, 15) is 0 Å². The summed E-state index contributed by atoms with van der Waals surface area (Å²) in [6, 6.07) is 6.60. The van der Waals surface area contributed by atoms with E-state index >= 15 is 0 Å². The lowest BCUT2D eigenvalue weighted by molar-refractivity contribution is 0.615. The molecule has 0 unspecified atom stereocenters. The first-order valence-electron chi connectivity index (χ1n) is 15.4. The van der Waals surface area contributed by atoms with Crippen molar-refractivity contribution in [2.24, 2.45) is 0 Å². The molecule has 0 amide bonds. The summed E-state index contributed by atoms with van der Waals surface area (Å²) in [4.78, 5) is 0. The van der Waals surface area contributed by atoms with Gasteiger partial charge in [-0.2, -0.15) is 0 Å². The van der Waals surface area contributed by atoms with Gasteiger partial charge in [0.05, 0.1) is 11.7 Å². The predicted octanol–water partition coefficient (Wildman–Crippen LogP) is 11.1. The lowest BCUT2D eigenvalue weighted by Gasteiger charge is -2.38. The van der Waals surface area contributed by atoms with Gasteiger partial charge in [-0.05, 0) is 206 Å². The van der Waals surface area contributed by atoms with E-state index in [0.29, 0.717) is 0 Å². The summed E-state index contributed by atoms with van der Waals surface area (Å²) in [7, 11) is 0. The summed E-state index contributed by atoms with van der Waals surface area (Å²) in [5.74, 6) is 0. The number of allylic oxidation sites excluding steroid dienone is 1. The fourth-order valence-corrected chi connectivity index (χ4v) is 8.65. The Morgan fingerprint density at radius 2 is 0.857 bits per heavy atom. The van der Waals surface area contributed by atoms with Crippen molar-refractivity contribution in [3.05, 3.63) is 120 Å². The van der Waals surface area contributed by atoms with Gasteiger partial charge in [0, 0.05) is 5.39 Å². The van der Waals surface area contributed by atoms with Crippen LogP contribution in [0.5, 0.6) is 0 Å². The fraction of sp³-hybridized carbons (Fsp3) is 0.317. The predicted molar refractivity (Wildman–Crippen MR) is 179 cm³/mol. The van der Waals surface area contributed by atoms with E-state index in [-0.39, 0.29) is 0 Å². The van der Waals surface area contributed by atoms with E-state index in [0.717, 1.165) is 5.58 Å².